The fraction of sp³-hybridized carbons (Fsp3) is 0. The second-order valence-corrected chi connectivity index (χ2v) is 3.34. The molecule has 2 aromatic heterocycles. The number of H-pyrrole nitrogens is 1. The van der Waals surface area contributed by atoms with Gasteiger partial charge in [0, 0.05) is 0 Å². The van der Waals surface area contributed by atoms with E-state index in [1.54, 1.807) is 6.20 Å². The van der Waals surface area contributed by atoms with Crippen LogP contribution in [0.4, 0.5) is 0 Å². The van der Waals surface area contributed by atoms with Crippen LogP contribution in [0.15, 0.2) is 24.7 Å². The minimum atomic E-state index is 0.494. The Kier molecular flexibility index (Phi) is 1.46. The molecular formula is C9H5ClN4. The molecule has 0 spiro atoms. The van der Waals surface area contributed by atoms with Gasteiger partial charge in [-0.05, 0) is 12.1 Å². The maximum atomic E-state index is 5.82. The van der Waals surface area contributed by atoms with Gasteiger partial charge in [0.1, 0.15) is 17.0 Å². The Morgan fingerprint density at radius 1 is 1.07 bits per heavy atom. The molecule has 1 aromatic carbocycles. The molecule has 0 aliphatic carbocycles. The van der Waals surface area contributed by atoms with Crippen LogP contribution in [-0.2, 0) is 0 Å². The summed E-state index contributed by atoms with van der Waals surface area (Å²) in [5, 5.41) is 0.494. The van der Waals surface area contributed by atoms with E-state index in [1.807, 2.05) is 12.1 Å². The van der Waals surface area contributed by atoms with Crippen molar-refractivity contribution in [1.82, 2.24) is 19.9 Å². The predicted molar refractivity (Wildman–Crippen MR) is 54.2 cm³/mol. The van der Waals surface area contributed by atoms with Crippen LogP contribution in [0.2, 0.25) is 5.15 Å². The Morgan fingerprint density at radius 2 is 1.93 bits per heavy atom. The van der Waals surface area contributed by atoms with E-state index in [0.29, 0.717) is 5.15 Å². The highest BCUT2D eigenvalue weighted by molar-refractivity contribution is 6.29. The Hall–Kier alpha value is -1.68. The number of aromatic amines is 1. The molecule has 0 unspecified atom stereocenters. The molecule has 0 bridgehead atoms. The number of fused-ring (bicyclic) bond motifs is 3. The van der Waals surface area contributed by atoms with Crippen molar-refractivity contribution < 1.29 is 0 Å². The first-order valence-electron chi connectivity index (χ1n) is 4.08. The van der Waals surface area contributed by atoms with E-state index in [9.17, 15) is 0 Å². The second kappa shape index (κ2) is 2.65. The van der Waals surface area contributed by atoms with Gasteiger partial charge >= 0.3 is 0 Å². The van der Waals surface area contributed by atoms with E-state index in [4.69, 9.17) is 11.6 Å². The van der Waals surface area contributed by atoms with E-state index in [0.717, 1.165) is 22.1 Å². The molecule has 0 aliphatic heterocycles. The van der Waals surface area contributed by atoms with Crippen molar-refractivity contribution in [2.75, 3.05) is 0 Å². The first kappa shape index (κ1) is 7.70. The Balaban J connectivity index is 2.60. The van der Waals surface area contributed by atoms with Crippen molar-refractivity contribution in [2.24, 2.45) is 0 Å². The summed E-state index contributed by atoms with van der Waals surface area (Å²) in [5.41, 5.74) is 3.31. The minimum Gasteiger partial charge on any atom is -0.341 e. The van der Waals surface area contributed by atoms with Gasteiger partial charge in [0.25, 0.3) is 0 Å². The van der Waals surface area contributed by atoms with Gasteiger partial charge < -0.3 is 4.98 Å². The van der Waals surface area contributed by atoms with Gasteiger partial charge in [-0.2, -0.15) is 0 Å². The number of rotatable bonds is 0. The first-order valence-corrected chi connectivity index (χ1v) is 4.46. The van der Waals surface area contributed by atoms with E-state index >= 15 is 0 Å². The lowest BCUT2D eigenvalue weighted by atomic mass is 10.2. The zero-order valence-electron chi connectivity index (χ0n) is 7.03. The van der Waals surface area contributed by atoms with Crippen LogP contribution in [0.3, 0.4) is 0 Å². The summed E-state index contributed by atoms with van der Waals surface area (Å²) in [7, 11) is 0. The van der Waals surface area contributed by atoms with Gasteiger partial charge in [0.05, 0.1) is 22.7 Å². The molecule has 3 rings (SSSR count). The zero-order chi connectivity index (χ0) is 9.54. The lowest BCUT2D eigenvalue weighted by Crippen LogP contribution is -1.85. The van der Waals surface area contributed by atoms with Crippen LogP contribution in [0.1, 0.15) is 0 Å². The average Bonchev–Trinajstić information content (AvgIpc) is 2.65. The van der Waals surface area contributed by atoms with Gasteiger partial charge in [-0.15, -0.1) is 0 Å². The van der Waals surface area contributed by atoms with Crippen molar-refractivity contribution in [3.63, 3.8) is 0 Å². The maximum absolute atomic E-state index is 5.82. The fourth-order valence-electron chi connectivity index (χ4n) is 1.46. The molecule has 1 N–H and O–H groups in total. The van der Waals surface area contributed by atoms with Crippen LogP contribution >= 0.6 is 11.6 Å². The van der Waals surface area contributed by atoms with Crippen LogP contribution in [-0.4, -0.2) is 19.9 Å². The molecule has 0 saturated heterocycles. The Labute approximate surface area is 84.0 Å². The Bertz CT molecular complexity index is 616. The van der Waals surface area contributed by atoms with Gasteiger partial charge in [-0.25, -0.2) is 9.97 Å². The molecule has 0 atom stereocenters. The fourth-order valence-corrected chi connectivity index (χ4v) is 1.61. The summed E-state index contributed by atoms with van der Waals surface area (Å²) in [5.74, 6) is 0. The van der Waals surface area contributed by atoms with Crippen LogP contribution in [0.5, 0.6) is 0 Å². The number of imidazole rings is 1. The predicted octanol–water partition coefficient (Wildman–Crippen LogP) is 2.16. The third kappa shape index (κ3) is 0.975. The highest BCUT2D eigenvalue weighted by Gasteiger charge is 2.04. The number of hydrogen-bond acceptors (Lipinski definition) is 3. The van der Waals surface area contributed by atoms with Crippen molar-refractivity contribution >= 4 is 33.7 Å². The zero-order valence-corrected chi connectivity index (χ0v) is 7.78. The molecule has 0 fully saturated rings. The molecule has 14 heavy (non-hydrogen) atoms. The summed E-state index contributed by atoms with van der Waals surface area (Å²) in [6, 6.07) is 3.78. The van der Waals surface area contributed by atoms with Crippen molar-refractivity contribution in [1.29, 1.82) is 0 Å². The highest BCUT2D eigenvalue weighted by atomic mass is 35.5. The number of nitrogens with one attached hydrogen (secondary N) is 1. The van der Waals surface area contributed by atoms with Gasteiger partial charge in [-0.3, -0.25) is 4.98 Å². The summed E-state index contributed by atoms with van der Waals surface area (Å²) < 4.78 is 0. The highest BCUT2D eigenvalue weighted by Crippen LogP contribution is 2.20. The lowest BCUT2D eigenvalue weighted by molar-refractivity contribution is 1.29. The summed E-state index contributed by atoms with van der Waals surface area (Å²) in [6.07, 6.45) is 3.10. The Morgan fingerprint density at radius 3 is 2.86 bits per heavy atom. The van der Waals surface area contributed by atoms with Gasteiger partial charge in [0.2, 0.25) is 0 Å². The van der Waals surface area contributed by atoms with Crippen LogP contribution in [0, 0.1) is 0 Å². The number of aromatic nitrogens is 4. The molecular weight excluding hydrogens is 200 g/mol. The third-order valence-electron chi connectivity index (χ3n) is 2.08. The largest absolute Gasteiger partial charge is 0.341 e. The molecule has 0 radical (unpaired) electrons. The summed E-state index contributed by atoms with van der Waals surface area (Å²) >= 11 is 5.82. The van der Waals surface area contributed by atoms with Crippen LogP contribution in [0.25, 0.3) is 22.1 Å². The topological polar surface area (TPSA) is 54.5 Å². The van der Waals surface area contributed by atoms with Crippen LogP contribution < -0.4 is 0 Å². The standard InChI is InChI=1S/C9H5ClN4/c10-7-3-11-6-2-1-5-8(9(6)14-7)13-4-12-5/h1-4,14H. The smallest absolute Gasteiger partial charge is 0.125 e. The molecule has 2 heterocycles. The van der Waals surface area contributed by atoms with Gasteiger partial charge in [-0.1, -0.05) is 11.6 Å². The average molecular weight is 205 g/mol. The van der Waals surface area contributed by atoms with E-state index in [1.165, 1.54) is 6.33 Å². The SMILES string of the molecule is Clc1cnc2ccc3ncnc3c2[nH]1. The monoisotopic (exact) mass is 204 g/mol. The molecule has 0 aliphatic rings. The normalized spacial score (nSPS) is 11.2. The second-order valence-electron chi connectivity index (χ2n) is 2.93. The van der Waals surface area contributed by atoms with E-state index < -0.39 is 0 Å². The number of benzene rings is 1. The number of hydrogen-bond donors (Lipinski definition) is 1. The van der Waals surface area contributed by atoms with E-state index in [-0.39, 0.29) is 0 Å². The van der Waals surface area contributed by atoms with Crippen molar-refractivity contribution in [3.05, 3.63) is 29.8 Å². The maximum Gasteiger partial charge on any atom is 0.125 e. The van der Waals surface area contributed by atoms with Crippen molar-refractivity contribution in [2.45, 2.75) is 0 Å². The molecule has 68 valence electrons. The lowest BCUT2D eigenvalue weighted by Gasteiger charge is -1.98. The van der Waals surface area contributed by atoms with Crippen molar-refractivity contribution in [3.8, 4) is 0 Å². The summed E-state index contributed by atoms with van der Waals surface area (Å²) in [4.78, 5) is 15.4. The van der Waals surface area contributed by atoms with Gasteiger partial charge in [0.15, 0.2) is 0 Å². The molecule has 3 aromatic rings. The number of halogens is 1. The molecule has 0 saturated carbocycles. The minimum absolute atomic E-state index is 0.494. The number of nitrogens with zero attached hydrogens (tertiary/aromatic N) is 3. The molecule has 0 amide bonds. The third-order valence-corrected chi connectivity index (χ3v) is 2.27. The summed E-state index contributed by atoms with van der Waals surface area (Å²) in [6.45, 7) is 0. The molecule has 5 heteroatoms. The quantitative estimate of drug-likeness (QED) is 0.611. The molecule has 4 nitrogen and oxygen atoms in total. The first-order chi connectivity index (χ1) is 6.84. The van der Waals surface area contributed by atoms with E-state index in [2.05, 4.69) is 19.9 Å².